The van der Waals surface area contributed by atoms with Crippen LogP contribution in [0.15, 0.2) is 36.9 Å². The van der Waals surface area contributed by atoms with Gasteiger partial charge in [0.05, 0.1) is 12.2 Å². The van der Waals surface area contributed by atoms with Crippen LogP contribution in [-0.4, -0.2) is 31.6 Å². The molecule has 0 aliphatic carbocycles. The number of carbonyl (C=O) groups excluding carboxylic acids is 2. The van der Waals surface area contributed by atoms with E-state index in [0.29, 0.717) is 18.7 Å². The summed E-state index contributed by atoms with van der Waals surface area (Å²) in [7, 11) is 1.58. The molecule has 1 amide bonds. The maximum atomic E-state index is 11.9. The number of nitrogens with one attached hydrogen (secondary N) is 1. The average Bonchev–Trinajstić information content (AvgIpc) is 2.45. The van der Waals surface area contributed by atoms with Gasteiger partial charge in [0.25, 0.3) is 5.91 Å². The summed E-state index contributed by atoms with van der Waals surface area (Å²) in [5.74, 6) is -0.893. The van der Waals surface area contributed by atoms with Crippen LogP contribution in [0.5, 0.6) is 0 Å². The van der Waals surface area contributed by atoms with Crippen LogP contribution in [-0.2, 0) is 20.9 Å². The fourth-order valence-electron chi connectivity index (χ4n) is 1.55. The Balaban J connectivity index is 2.63. The van der Waals surface area contributed by atoms with E-state index in [1.807, 2.05) is 6.07 Å². The Morgan fingerprint density at radius 3 is 2.85 bits per heavy atom. The zero-order chi connectivity index (χ0) is 15.0. The summed E-state index contributed by atoms with van der Waals surface area (Å²) < 4.78 is 10.1. The summed E-state index contributed by atoms with van der Waals surface area (Å²) in [4.78, 5) is 23.5. The lowest BCUT2D eigenvalue weighted by molar-refractivity contribution is -0.128. The second-order valence-electron chi connectivity index (χ2n) is 4.21. The molecule has 1 N–H and O–H groups in total. The summed E-state index contributed by atoms with van der Waals surface area (Å²) in [5, 5.41) is 2.57. The molecule has 20 heavy (non-hydrogen) atoms. The molecule has 0 bridgehead atoms. The van der Waals surface area contributed by atoms with Gasteiger partial charge in [-0.2, -0.15) is 0 Å². The van der Waals surface area contributed by atoms with Gasteiger partial charge in [-0.1, -0.05) is 18.2 Å². The number of hydrogen-bond acceptors (Lipinski definition) is 4. The lowest BCUT2D eigenvalue weighted by Crippen LogP contribution is -2.35. The van der Waals surface area contributed by atoms with Crippen LogP contribution in [0.1, 0.15) is 22.8 Å². The number of hydrogen-bond donors (Lipinski definition) is 1. The third-order valence-electron chi connectivity index (χ3n) is 2.55. The van der Waals surface area contributed by atoms with Crippen molar-refractivity contribution in [3.05, 3.63) is 48.0 Å². The molecule has 1 aromatic rings. The number of esters is 1. The van der Waals surface area contributed by atoms with Gasteiger partial charge in [-0.3, -0.25) is 4.79 Å². The van der Waals surface area contributed by atoms with Gasteiger partial charge in [0, 0.05) is 13.7 Å². The molecule has 1 aromatic carbocycles. The van der Waals surface area contributed by atoms with E-state index in [2.05, 4.69) is 11.9 Å². The van der Waals surface area contributed by atoms with Crippen molar-refractivity contribution in [2.24, 2.45) is 0 Å². The molecule has 0 saturated carbocycles. The van der Waals surface area contributed by atoms with Gasteiger partial charge in [0.2, 0.25) is 0 Å². The van der Waals surface area contributed by atoms with E-state index in [-0.39, 0.29) is 5.91 Å². The Morgan fingerprint density at radius 1 is 1.45 bits per heavy atom. The smallest absolute Gasteiger partial charge is 0.338 e. The fourth-order valence-corrected chi connectivity index (χ4v) is 1.55. The van der Waals surface area contributed by atoms with Gasteiger partial charge in [0.15, 0.2) is 6.10 Å². The normalized spacial score (nSPS) is 11.5. The molecule has 0 fully saturated rings. The molecule has 5 nitrogen and oxygen atoms in total. The Labute approximate surface area is 118 Å². The molecule has 1 unspecified atom stereocenters. The predicted molar refractivity (Wildman–Crippen MR) is 75.2 cm³/mol. The molecule has 0 heterocycles. The number of ether oxygens (including phenoxy) is 2. The number of rotatable bonds is 7. The molecule has 0 aliphatic rings. The summed E-state index contributed by atoms with van der Waals surface area (Å²) >= 11 is 0. The minimum atomic E-state index is -0.853. The Bertz CT molecular complexity index is 485. The van der Waals surface area contributed by atoms with Gasteiger partial charge < -0.3 is 14.8 Å². The fraction of sp³-hybridized carbons (Fsp3) is 0.333. The maximum absolute atomic E-state index is 11.9. The van der Waals surface area contributed by atoms with E-state index < -0.39 is 12.1 Å². The van der Waals surface area contributed by atoms with Crippen LogP contribution >= 0.6 is 0 Å². The molecule has 0 spiro atoms. The van der Waals surface area contributed by atoms with Crippen LogP contribution in [0.2, 0.25) is 0 Å². The van der Waals surface area contributed by atoms with Crippen LogP contribution in [0.25, 0.3) is 0 Å². The first-order chi connectivity index (χ1) is 9.58. The van der Waals surface area contributed by atoms with Gasteiger partial charge in [0.1, 0.15) is 0 Å². The van der Waals surface area contributed by atoms with Crippen molar-refractivity contribution >= 4 is 11.9 Å². The molecule has 108 valence electrons. The number of benzene rings is 1. The van der Waals surface area contributed by atoms with E-state index in [0.717, 1.165) is 5.56 Å². The van der Waals surface area contributed by atoms with Crippen molar-refractivity contribution in [2.75, 3.05) is 13.7 Å². The molecule has 0 saturated heterocycles. The minimum absolute atomic E-state index is 0.337. The molecular formula is C15H19NO4. The van der Waals surface area contributed by atoms with Crippen molar-refractivity contribution in [2.45, 2.75) is 19.6 Å². The van der Waals surface area contributed by atoms with Crippen LogP contribution < -0.4 is 5.32 Å². The van der Waals surface area contributed by atoms with E-state index in [4.69, 9.17) is 9.47 Å². The van der Waals surface area contributed by atoms with Crippen molar-refractivity contribution in [1.29, 1.82) is 0 Å². The van der Waals surface area contributed by atoms with Crippen LogP contribution in [0, 0.1) is 0 Å². The summed E-state index contributed by atoms with van der Waals surface area (Å²) in [6, 6.07) is 6.91. The first kappa shape index (κ1) is 15.9. The van der Waals surface area contributed by atoms with Crippen molar-refractivity contribution in [1.82, 2.24) is 5.32 Å². The van der Waals surface area contributed by atoms with Crippen LogP contribution in [0.4, 0.5) is 0 Å². The highest BCUT2D eigenvalue weighted by atomic mass is 16.5. The van der Waals surface area contributed by atoms with Crippen molar-refractivity contribution < 1.29 is 19.1 Å². The second kappa shape index (κ2) is 8.12. The van der Waals surface area contributed by atoms with E-state index in [1.54, 1.807) is 31.4 Å². The Hall–Kier alpha value is -2.14. The largest absolute Gasteiger partial charge is 0.449 e. The molecule has 0 aliphatic heterocycles. The van der Waals surface area contributed by atoms with Gasteiger partial charge in [-0.15, -0.1) is 6.58 Å². The summed E-state index contributed by atoms with van der Waals surface area (Å²) in [6.45, 7) is 5.77. The van der Waals surface area contributed by atoms with Crippen LogP contribution in [0.3, 0.4) is 0 Å². The molecule has 5 heteroatoms. The molecule has 1 rings (SSSR count). The van der Waals surface area contributed by atoms with Crippen molar-refractivity contribution in [3.63, 3.8) is 0 Å². The van der Waals surface area contributed by atoms with E-state index in [1.165, 1.54) is 6.92 Å². The standard InChI is InChI=1S/C15H19NO4/c1-4-8-16-14(17)11(2)20-15(18)13-7-5-6-12(9-13)10-19-3/h4-7,9,11H,1,8,10H2,2-3H3,(H,16,17). The average molecular weight is 277 g/mol. The van der Waals surface area contributed by atoms with Gasteiger partial charge in [-0.05, 0) is 24.6 Å². The first-order valence-electron chi connectivity index (χ1n) is 6.26. The van der Waals surface area contributed by atoms with E-state index >= 15 is 0 Å². The van der Waals surface area contributed by atoms with Gasteiger partial charge in [-0.25, -0.2) is 4.79 Å². The van der Waals surface area contributed by atoms with E-state index in [9.17, 15) is 9.59 Å². The summed E-state index contributed by atoms with van der Waals surface area (Å²) in [6.07, 6.45) is 0.703. The minimum Gasteiger partial charge on any atom is -0.449 e. The Morgan fingerprint density at radius 2 is 2.20 bits per heavy atom. The van der Waals surface area contributed by atoms with Crippen molar-refractivity contribution in [3.8, 4) is 0 Å². The lowest BCUT2D eigenvalue weighted by Gasteiger charge is -2.13. The highest BCUT2D eigenvalue weighted by molar-refractivity contribution is 5.92. The molecule has 0 radical (unpaired) electrons. The highest BCUT2D eigenvalue weighted by Gasteiger charge is 2.18. The second-order valence-corrected chi connectivity index (χ2v) is 4.21. The van der Waals surface area contributed by atoms with Gasteiger partial charge >= 0.3 is 5.97 Å². The monoisotopic (exact) mass is 277 g/mol. The lowest BCUT2D eigenvalue weighted by atomic mass is 10.1. The quantitative estimate of drug-likeness (QED) is 0.608. The number of methoxy groups -OCH3 is 1. The third kappa shape index (κ3) is 4.85. The third-order valence-corrected chi connectivity index (χ3v) is 2.55. The molecular weight excluding hydrogens is 258 g/mol. The SMILES string of the molecule is C=CCNC(=O)C(C)OC(=O)c1cccc(COC)c1. The zero-order valence-electron chi connectivity index (χ0n) is 11.7. The molecule has 1 atom stereocenters. The number of carbonyl (C=O) groups is 2. The number of amides is 1. The maximum Gasteiger partial charge on any atom is 0.338 e. The Kier molecular flexibility index (Phi) is 6.46. The molecule has 0 aromatic heterocycles. The summed E-state index contributed by atoms with van der Waals surface area (Å²) in [5.41, 5.74) is 1.26. The highest BCUT2D eigenvalue weighted by Crippen LogP contribution is 2.09. The first-order valence-corrected chi connectivity index (χ1v) is 6.26. The predicted octanol–water partition coefficient (Wildman–Crippen LogP) is 1.68. The topological polar surface area (TPSA) is 64.6 Å². The zero-order valence-corrected chi connectivity index (χ0v) is 11.7.